The van der Waals surface area contributed by atoms with Gasteiger partial charge in [0.1, 0.15) is 5.82 Å². The van der Waals surface area contributed by atoms with Crippen LogP contribution in [0.15, 0.2) is 79.0 Å². The first-order chi connectivity index (χ1) is 18.4. The molecule has 0 spiro atoms. The van der Waals surface area contributed by atoms with Crippen LogP contribution < -0.4 is 10.2 Å². The van der Waals surface area contributed by atoms with Gasteiger partial charge >= 0.3 is 6.03 Å². The Balaban J connectivity index is 1.23. The SMILES string of the molecule is Cc1ccc(CN2CCN(c3cncc(Nc4cpc(-c5ccc(C(=O)N(C)C)cc5)cn4)c3)C2=O)cc1. The standard InChI is InChI=1S/C29H29N6O2P/c1-20-4-6-21(7-5-20)18-34-12-13-35(29(34)37)25-14-24(15-30-16-25)32-27-19-38-26(17-31-27)22-8-10-23(11-9-22)28(36)33(2)3/h4-11,14-17,19H,12-13,18H2,1-3H3,(H,31,32). The van der Waals surface area contributed by atoms with E-state index in [1.807, 2.05) is 47.2 Å². The summed E-state index contributed by atoms with van der Waals surface area (Å²) in [5.41, 5.74) is 5.52. The molecule has 0 saturated carbocycles. The molecule has 1 saturated heterocycles. The molecule has 9 heteroatoms. The van der Waals surface area contributed by atoms with Crippen LogP contribution in [-0.4, -0.2) is 58.9 Å². The summed E-state index contributed by atoms with van der Waals surface area (Å²) in [6.45, 7) is 3.94. The summed E-state index contributed by atoms with van der Waals surface area (Å²) in [5, 5.41) is 4.35. The number of anilines is 3. The van der Waals surface area contributed by atoms with E-state index in [-0.39, 0.29) is 11.9 Å². The molecule has 0 atom stereocenters. The van der Waals surface area contributed by atoms with Crippen molar-refractivity contribution in [2.24, 2.45) is 0 Å². The zero-order valence-electron chi connectivity index (χ0n) is 21.6. The molecule has 1 aliphatic heterocycles. The molecule has 192 valence electrons. The molecule has 1 N–H and O–H groups in total. The Labute approximate surface area is 224 Å². The van der Waals surface area contributed by atoms with Crippen LogP contribution in [-0.2, 0) is 6.54 Å². The molecule has 4 aromatic rings. The van der Waals surface area contributed by atoms with E-state index in [1.165, 1.54) is 5.56 Å². The highest BCUT2D eigenvalue weighted by Gasteiger charge is 2.29. The van der Waals surface area contributed by atoms with Crippen LogP contribution in [0.2, 0.25) is 0 Å². The molecule has 3 amide bonds. The van der Waals surface area contributed by atoms with Gasteiger partial charge in [-0.2, -0.15) is 0 Å². The van der Waals surface area contributed by atoms with Crippen molar-refractivity contribution in [1.29, 1.82) is 0 Å². The number of aromatic nitrogens is 2. The van der Waals surface area contributed by atoms with E-state index >= 15 is 0 Å². The molecule has 5 rings (SSSR count). The number of amides is 3. The Bertz CT molecular complexity index is 1440. The first kappa shape index (κ1) is 25.4. The average molecular weight is 525 g/mol. The van der Waals surface area contributed by atoms with Gasteiger partial charge in [-0.05, 0) is 36.2 Å². The van der Waals surface area contributed by atoms with Crippen molar-refractivity contribution in [3.63, 3.8) is 0 Å². The first-order valence-corrected chi connectivity index (χ1v) is 13.3. The first-order valence-electron chi connectivity index (χ1n) is 12.4. The number of carbonyl (C=O) groups excluding carboxylic acids is 2. The highest BCUT2D eigenvalue weighted by molar-refractivity contribution is 7.33. The second-order valence-electron chi connectivity index (χ2n) is 9.46. The van der Waals surface area contributed by atoms with E-state index in [4.69, 9.17) is 0 Å². The normalized spacial score (nSPS) is 13.3. The van der Waals surface area contributed by atoms with Crippen LogP contribution in [0.25, 0.3) is 10.9 Å². The molecule has 1 fully saturated rings. The minimum absolute atomic E-state index is 0.0181. The number of urea groups is 1. The molecule has 38 heavy (non-hydrogen) atoms. The maximum absolute atomic E-state index is 13.1. The largest absolute Gasteiger partial charge is 0.345 e. The fourth-order valence-corrected chi connectivity index (χ4v) is 5.07. The maximum atomic E-state index is 13.1. The summed E-state index contributed by atoms with van der Waals surface area (Å²) in [5.74, 6) is 2.68. The van der Waals surface area contributed by atoms with E-state index in [9.17, 15) is 9.59 Å². The average Bonchev–Trinajstić information content (AvgIpc) is 3.30. The summed E-state index contributed by atoms with van der Waals surface area (Å²) < 4.78 is 0. The van der Waals surface area contributed by atoms with E-state index in [2.05, 4.69) is 46.5 Å². The fraction of sp³-hybridized carbons (Fsp3) is 0.207. The molecule has 2 aromatic heterocycles. The topological polar surface area (TPSA) is 81.7 Å². The summed E-state index contributed by atoms with van der Waals surface area (Å²) in [6.07, 6.45) is 5.27. The minimum atomic E-state index is -0.0201. The number of hydrogen-bond donors (Lipinski definition) is 1. The van der Waals surface area contributed by atoms with Gasteiger partial charge in [0.15, 0.2) is 0 Å². The number of nitrogens with zero attached hydrogens (tertiary/aromatic N) is 5. The summed E-state index contributed by atoms with van der Waals surface area (Å²) in [6, 6.07) is 17.7. The molecule has 1 aliphatic rings. The zero-order valence-corrected chi connectivity index (χ0v) is 22.5. The Hall–Kier alpha value is -4.29. The van der Waals surface area contributed by atoms with E-state index in [0.29, 0.717) is 31.0 Å². The molecule has 0 unspecified atom stereocenters. The summed E-state index contributed by atoms with van der Waals surface area (Å²) >= 11 is 0. The number of benzene rings is 2. The van der Waals surface area contributed by atoms with Gasteiger partial charge < -0.3 is 15.1 Å². The van der Waals surface area contributed by atoms with Gasteiger partial charge in [0.2, 0.25) is 0 Å². The van der Waals surface area contributed by atoms with Crippen LogP contribution >= 0.6 is 8.19 Å². The zero-order chi connectivity index (χ0) is 26.6. The third kappa shape index (κ3) is 5.66. The van der Waals surface area contributed by atoms with E-state index < -0.39 is 0 Å². The van der Waals surface area contributed by atoms with E-state index in [1.54, 1.807) is 36.3 Å². The highest BCUT2D eigenvalue weighted by Crippen LogP contribution is 2.31. The second-order valence-corrected chi connectivity index (χ2v) is 10.5. The number of pyridine rings is 1. The Morgan fingerprint density at radius 1 is 1.03 bits per heavy atom. The maximum Gasteiger partial charge on any atom is 0.324 e. The molecule has 8 nitrogen and oxygen atoms in total. The van der Waals surface area contributed by atoms with Gasteiger partial charge in [0, 0.05) is 56.6 Å². The lowest BCUT2D eigenvalue weighted by Gasteiger charge is -2.19. The number of rotatable bonds is 7. The molecular weight excluding hydrogens is 495 g/mol. The van der Waals surface area contributed by atoms with Gasteiger partial charge in [-0.25, -0.2) is 9.78 Å². The molecule has 0 aliphatic carbocycles. The molecule has 2 aromatic carbocycles. The molecule has 3 heterocycles. The number of hydrogen-bond acceptors (Lipinski definition) is 5. The van der Waals surface area contributed by atoms with Crippen LogP contribution in [0, 0.1) is 6.92 Å². The number of nitrogens with one attached hydrogen (secondary N) is 1. The molecule has 0 bridgehead atoms. The van der Waals surface area contributed by atoms with Crippen LogP contribution in [0.5, 0.6) is 0 Å². The van der Waals surface area contributed by atoms with Crippen molar-refractivity contribution in [2.45, 2.75) is 13.5 Å². The van der Waals surface area contributed by atoms with Crippen molar-refractivity contribution < 1.29 is 9.59 Å². The minimum Gasteiger partial charge on any atom is -0.345 e. The monoisotopic (exact) mass is 524 g/mol. The third-order valence-electron chi connectivity index (χ3n) is 6.38. The predicted molar refractivity (Wildman–Crippen MR) is 152 cm³/mol. The van der Waals surface area contributed by atoms with Gasteiger partial charge in [-0.3, -0.25) is 14.7 Å². The Kier molecular flexibility index (Phi) is 7.33. The summed E-state index contributed by atoms with van der Waals surface area (Å²) in [7, 11) is 4.47. The van der Waals surface area contributed by atoms with Crippen molar-refractivity contribution in [3.05, 3.63) is 95.7 Å². The lowest BCUT2D eigenvalue weighted by Crippen LogP contribution is -2.31. The lowest BCUT2D eigenvalue weighted by molar-refractivity contribution is 0.0827. The van der Waals surface area contributed by atoms with Crippen molar-refractivity contribution in [1.82, 2.24) is 19.8 Å². The fourth-order valence-electron chi connectivity index (χ4n) is 4.26. The quantitative estimate of drug-likeness (QED) is 0.325. The van der Waals surface area contributed by atoms with Gasteiger partial charge in [-0.15, -0.1) is 0 Å². The Morgan fingerprint density at radius 2 is 1.79 bits per heavy atom. The number of aryl methyl sites for hydroxylation is 1. The number of carbonyl (C=O) groups is 2. The molecular formula is C29H29N6O2P. The third-order valence-corrected chi connectivity index (χ3v) is 7.41. The predicted octanol–water partition coefficient (Wildman–Crippen LogP) is 5.92. The van der Waals surface area contributed by atoms with Crippen LogP contribution in [0.1, 0.15) is 21.5 Å². The smallest absolute Gasteiger partial charge is 0.324 e. The molecule has 0 radical (unpaired) electrons. The van der Waals surface area contributed by atoms with Gasteiger partial charge in [0.05, 0.1) is 23.8 Å². The van der Waals surface area contributed by atoms with Crippen LogP contribution in [0.4, 0.5) is 22.0 Å². The summed E-state index contributed by atoms with van der Waals surface area (Å²) in [4.78, 5) is 39.3. The lowest BCUT2D eigenvalue weighted by atomic mass is 10.1. The van der Waals surface area contributed by atoms with Gasteiger partial charge in [0.25, 0.3) is 5.91 Å². The van der Waals surface area contributed by atoms with Crippen molar-refractivity contribution in [3.8, 4) is 10.9 Å². The van der Waals surface area contributed by atoms with Crippen molar-refractivity contribution >= 4 is 37.3 Å². The van der Waals surface area contributed by atoms with Crippen LogP contribution in [0.3, 0.4) is 0 Å². The van der Waals surface area contributed by atoms with Gasteiger partial charge in [-0.1, -0.05) is 50.2 Å². The van der Waals surface area contributed by atoms with Crippen molar-refractivity contribution in [2.75, 3.05) is 37.4 Å². The highest BCUT2D eigenvalue weighted by atomic mass is 31.0. The Morgan fingerprint density at radius 3 is 2.47 bits per heavy atom. The second kappa shape index (κ2) is 11.0. The van der Waals surface area contributed by atoms with E-state index in [0.717, 1.165) is 36.0 Å².